The second-order valence-electron chi connectivity index (χ2n) is 2.94. The van der Waals surface area contributed by atoms with Crippen LogP contribution in [0.3, 0.4) is 0 Å². The predicted octanol–water partition coefficient (Wildman–Crippen LogP) is 0.256. The molecule has 1 aliphatic heterocycles. The first kappa shape index (κ1) is 9.26. The molecule has 1 aromatic heterocycles. The maximum atomic E-state index is 11.2. The SMILES string of the molecule is CS(=O)(=O)c1cnc2c(c1)OCCO2. The molecule has 76 valence electrons. The highest BCUT2D eigenvalue weighted by Gasteiger charge is 2.16. The molecule has 0 aromatic carbocycles. The molecule has 0 atom stereocenters. The Morgan fingerprint density at radius 1 is 1.36 bits per heavy atom. The number of ether oxygens (including phenoxy) is 2. The van der Waals surface area contributed by atoms with Crippen molar-refractivity contribution in [3.05, 3.63) is 12.3 Å². The first-order valence-electron chi connectivity index (χ1n) is 4.03. The number of rotatable bonds is 1. The molecule has 14 heavy (non-hydrogen) atoms. The highest BCUT2D eigenvalue weighted by Crippen LogP contribution is 2.29. The van der Waals surface area contributed by atoms with Crippen LogP contribution >= 0.6 is 0 Å². The van der Waals surface area contributed by atoms with E-state index in [1.165, 1.54) is 12.3 Å². The quantitative estimate of drug-likeness (QED) is 0.672. The van der Waals surface area contributed by atoms with E-state index in [1.54, 1.807) is 0 Å². The van der Waals surface area contributed by atoms with Crippen molar-refractivity contribution in [2.75, 3.05) is 19.5 Å². The fraction of sp³-hybridized carbons (Fsp3) is 0.375. The van der Waals surface area contributed by atoms with Gasteiger partial charge in [-0.1, -0.05) is 0 Å². The molecule has 0 fully saturated rings. The number of pyridine rings is 1. The lowest BCUT2D eigenvalue weighted by atomic mass is 10.4. The Morgan fingerprint density at radius 2 is 2.07 bits per heavy atom. The number of hydrogen-bond donors (Lipinski definition) is 0. The third-order valence-electron chi connectivity index (χ3n) is 1.80. The Kier molecular flexibility index (Phi) is 2.07. The van der Waals surface area contributed by atoms with Crippen molar-refractivity contribution in [2.45, 2.75) is 4.90 Å². The third-order valence-corrected chi connectivity index (χ3v) is 2.88. The van der Waals surface area contributed by atoms with Crippen LogP contribution in [0.2, 0.25) is 0 Å². The number of hydrogen-bond acceptors (Lipinski definition) is 5. The molecule has 0 N–H and O–H groups in total. The fourth-order valence-electron chi connectivity index (χ4n) is 1.12. The van der Waals surface area contributed by atoms with E-state index in [-0.39, 0.29) is 4.90 Å². The summed E-state index contributed by atoms with van der Waals surface area (Å²) in [6.45, 7) is 0.861. The Bertz CT molecular complexity index is 454. The van der Waals surface area contributed by atoms with E-state index in [1.807, 2.05) is 0 Å². The van der Waals surface area contributed by atoms with Crippen molar-refractivity contribution >= 4 is 9.84 Å². The highest BCUT2D eigenvalue weighted by molar-refractivity contribution is 7.90. The zero-order valence-electron chi connectivity index (χ0n) is 7.56. The van der Waals surface area contributed by atoms with Crippen molar-refractivity contribution in [3.8, 4) is 11.6 Å². The van der Waals surface area contributed by atoms with Gasteiger partial charge in [-0.3, -0.25) is 0 Å². The minimum atomic E-state index is -3.23. The molecule has 0 saturated carbocycles. The second kappa shape index (κ2) is 3.13. The van der Waals surface area contributed by atoms with Crippen molar-refractivity contribution in [1.29, 1.82) is 0 Å². The molecule has 2 heterocycles. The monoisotopic (exact) mass is 215 g/mol. The van der Waals surface area contributed by atoms with Crippen LogP contribution in [0.1, 0.15) is 0 Å². The summed E-state index contributed by atoms with van der Waals surface area (Å²) in [6, 6.07) is 1.43. The summed E-state index contributed by atoms with van der Waals surface area (Å²) in [5, 5.41) is 0. The van der Waals surface area contributed by atoms with Crippen molar-refractivity contribution in [3.63, 3.8) is 0 Å². The molecule has 1 aliphatic rings. The normalized spacial score (nSPS) is 15.2. The van der Waals surface area contributed by atoms with Gasteiger partial charge in [-0.25, -0.2) is 13.4 Å². The lowest BCUT2D eigenvalue weighted by Crippen LogP contribution is -2.16. The van der Waals surface area contributed by atoms with Crippen molar-refractivity contribution in [2.24, 2.45) is 0 Å². The van der Waals surface area contributed by atoms with Crippen LogP contribution in [0.4, 0.5) is 0 Å². The van der Waals surface area contributed by atoms with E-state index < -0.39 is 9.84 Å². The zero-order valence-corrected chi connectivity index (χ0v) is 8.37. The molecule has 0 unspecified atom stereocenters. The van der Waals surface area contributed by atoms with Gasteiger partial charge in [0.15, 0.2) is 15.6 Å². The largest absolute Gasteiger partial charge is 0.484 e. The summed E-state index contributed by atoms with van der Waals surface area (Å²) in [6.07, 6.45) is 2.39. The molecule has 0 saturated heterocycles. The van der Waals surface area contributed by atoms with E-state index in [0.29, 0.717) is 24.8 Å². The second-order valence-corrected chi connectivity index (χ2v) is 4.96. The smallest absolute Gasteiger partial charge is 0.257 e. The van der Waals surface area contributed by atoms with Gasteiger partial charge in [0.2, 0.25) is 0 Å². The molecular formula is C8H9NO4S. The number of aromatic nitrogens is 1. The maximum Gasteiger partial charge on any atom is 0.257 e. The van der Waals surface area contributed by atoms with E-state index in [4.69, 9.17) is 9.47 Å². The van der Waals surface area contributed by atoms with Crippen LogP contribution in [-0.4, -0.2) is 32.9 Å². The van der Waals surface area contributed by atoms with Gasteiger partial charge in [-0.05, 0) is 0 Å². The summed E-state index contributed by atoms with van der Waals surface area (Å²) in [5.74, 6) is 0.739. The molecule has 0 radical (unpaired) electrons. The highest BCUT2D eigenvalue weighted by atomic mass is 32.2. The zero-order chi connectivity index (χ0) is 10.2. The van der Waals surface area contributed by atoms with Gasteiger partial charge in [0.05, 0.1) is 4.90 Å². The molecule has 2 rings (SSSR count). The standard InChI is InChI=1S/C8H9NO4S/c1-14(10,11)6-4-7-8(9-5-6)13-3-2-12-7/h4-5H,2-3H2,1H3. The average molecular weight is 215 g/mol. The van der Waals surface area contributed by atoms with Gasteiger partial charge < -0.3 is 9.47 Å². The lowest BCUT2D eigenvalue weighted by molar-refractivity contribution is 0.163. The van der Waals surface area contributed by atoms with Crippen LogP contribution in [-0.2, 0) is 9.84 Å². The molecule has 1 aromatic rings. The lowest BCUT2D eigenvalue weighted by Gasteiger charge is -2.17. The van der Waals surface area contributed by atoms with Crippen molar-refractivity contribution < 1.29 is 17.9 Å². The minimum Gasteiger partial charge on any atom is -0.484 e. The molecule has 5 nitrogen and oxygen atoms in total. The maximum absolute atomic E-state index is 11.2. The summed E-state index contributed by atoms with van der Waals surface area (Å²) < 4.78 is 32.7. The van der Waals surface area contributed by atoms with E-state index >= 15 is 0 Å². The summed E-state index contributed by atoms with van der Waals surface area (Å²) in [5.41, 5.74) is 0. The number of sulfone groups is 1. The van der Waals surface area contributed by atoms with Crippen LogP contribution in [0.25, 0.3) is 0 Å². The van der Waals surface area contributed by atoms with E-state index in [2.05, 4.69) is 4.98 Å². The molecule has 6 heteroatoms. The van der Waals surface area contributed by atoms with Crippen LogP contribution in [0.15, 0.2) is 17.2 Å². The van der Waals surface area contributed by atoms with Crippen molar-refractivity contribution in [1.82, 2.24) is 4.98 Å². The molecule has 0 amide bonds. The van der Waals surface area contributed by atoms with Gasteiger partial charge in [-0.15, -0.1) is 0 Å². The van der Waals surface area contributed by atoms with Gasteiger partial charge in [0, 0.05) is 18.5 Å². The fourth-order valence-corrected chi connectivity index (χ4v) is 1.68. The molecule has 0 spiro atoms. The Balaban J connectivity index is 2.49. The Labute approximate surface area is 81.6 Å². The first-order valence-corrected chi connectivity index (χ1v) is 5.92. The van der Waals surface area contributed by atoms with E-state index in [9.17, 15) is 8.42 Å². The van der Waals surface area contributed by atoms with Gasteiger partial charge in [-0.2, -0.15) is 0 Å². The predicted molar refractivity (Wildman–Crippen MR) is 48.3 cm³/mol. The Hall–Kier alpha value is -1.30. The molecular weight excluding hydrogens is 206 g/mol. The summed E-state index contributed by atoms with van der Waals surface area (Å²) in [7, 11) is -3.23. The van der Waals surface area contributed by atoms with Gasteiger partial charge >= 0.3 is 0 Å². The molecule has 0 aliphatic carbocycles. The number of fused-ring (bicyclic) bond motifs is 1. The van der Waals surface area contributed by atoms with Gasteiger partial charge in [0.1, 0.15) is 13.2 Å². The van der Waals surface area contributed by atoms with Crippen LogP contribution < -0.4 is 9.47 Å². The summed E-state index contributed by atoms with van der Waals surface area (Å²) in [4.78, 5) is 4.00. The number of nitrogens with zero attached hydrogens (tertiary/aromatic N) is 1. The van der Waals surface area contributed by atoms with E-state index in [0.717, 1.165) is 6.26 Å². The topological polar surface area (TPSA) is 65.5 Å². The minimum absolute atomic E-state index is 0.141. The van der Waals surface area contributed by atoms with Gasteiger partial charge in [0.25, 0.3) is 5.88 Å². The average Bonchev–Trinajstić information content (AvgIpc) is 2.16. The molecule has 0 bridgehead atoms. The third kappa shape index (κ3) is 1.65. The van der Waals surface area contributed by atoms with Crippen LogP contribution in [0, 0.1) is 0 Å². The first-order chi connectivity index (χ1) is 6.57. The summed E-state index contributed by atoms with van der Waals surface area (Å²) >= 11 is 0. The van der Waals surface area contributed by atoms with Crippen LogP contribution in [0.5, 0.6) is 11.6 Å². The Morgan fingerprint density at radius 3 is 2.79 bits per heavy atom.